The molecule has 1 aromatic carbocycles. The molecule has 0 radical (unpaired) electrons. The number of para-hydroxylation sites is 1. The largest absolute Gasteiger partial charge is 0.352 e. The fraction of sp³-hybridized carbons (Fsp3) is 0.478. The van der Waals surface area contributed by atoms with Crippen LogP contribution in [0.15, 0.2) is 30.5 Å². The maximum Gasteiger partial charge on any atom is 0.225 e. The summed E-state index contributed by atoms with van der Waals surface area (Å²) in [5.74, 6) is 2.14. The molecule has 1 atom stereocenters. The lowest BCUT2D eigenvalue weighted by Gasteiger charge is -2.36. The number of fused-ring (bicyclic) bond motifs is 1. The summed E-state index contributed by atoms with van der Waals surface area (Å²) in [6.45, 7) is 11.0. The summed E-state index contributed by atoms with van der Waals surface area (Å²) in [6.07, 6.45) is 2.77. The summed E-state index contributed by atoms with van der Waals surface area (Å²) < 4.78 is 1.80. The Balaban J connectivity index is 1.75. The van der Waals surface area contributed by atoms with Gasteiger partial charge in [0.1, 0.15) is 11.6 Å². The van der Waals surface area contributed by atoms with Crippen molar-refractivity contribution in [2.24, 2.45) is 5.92 Å². The molecule has 0 bridgehead atoms. The number of carbonyl (C=O) groups excluding carboxylic acids is 1. The van der Waals surface area contributed by atoms with E-state index in [-0.39, 0.29) is 17.7 Å². The van der Waals surface area contributed by atoms with E-state index in [9.17, 15) is 4.79 Å². The van der Waals surface area contributed by atoms with Gasteiger partial charge in [-0.3, -0.25) is 4.79 Å². The first-order valence-electron chi connectivity index (χ1n) is 10.9. The molecule has 4 rings (SSSR count). The van der Waals surface area contributed by atoms with Gasteiger partial charge in [-0.2, -0.15) is 5.10 Å². The van der Waals surface area contributed by atoms with Crippen molar-refractivity contribution in [1.29, 1.82) is 0 Å². The molecule has 8 heteroatoms. The molecule has 1 aliphatic rings. The van der Waals surface area contributed by atoms with Gasteiger partial charge in [0.2, 0.25) is 5.91 Å². The van der Waals surface area contributed by atoms with Crippen molar-refractivity contribution in [2.45, 2.75) is 40.0 Å². The van der Waals surface area contributed by atoms with Crippen LogP contribution in [0.2, 0.25) is 5.02 Å². The van der Waals surface area contributed by atoms with Crippen LogP contribution in [0.3, 0.4) is 0 Å². The predicted octanol–water partition coefficient (Wildman–Crippen LogP) is 4.29. The first kappa shape index (κ1) is 21.6. The number of hydrogen-bond acceptors (Lipinski definition) is 5. The second-order valence-electron chi connectivity index (χ2n) is 8.43. The molecule has 2 aromatic heterocycles. The van der Waals surface area contributed by atoms with E-state index >= 15 is 0 Å². The van der Waals surface area contributed by atoms with Crippen LogP contribution in [0.5, 0.6) is 0 Å². The molecular formula is C23H29ClN6O. The van der Waals surface area contributed by atoms with Gasteiger partial charge in [-0.05, 0) is 18.6 Å². The average Bonchev–Trinajstić information content (AvgIpc) is 3.21. The smallest absolute Gasteiger partial charge is 0.225 e. The summed E-state index contributed by atoms with van der Waals surface area (Å²) >= 11 is 6.45. The molecule has 1 aliphatic heterocycles. The van der Waals surface area contributed by atoms with Crippen LogP contribution in [0.25, 0.3) is 16.7 Å². The van der Waals surface area contributed by atoms with E-state index in [0.717, 1.165) is 47.9 Å². The molecule has 3 heterocycles. The number of anilines is 1. The van der Waals surface area contributed by atoms with Crippen molar-refractivity contribution in [3.63, 3.8) is 0 Å². The van der Waals surface area contributed by atoms with Gasteiger partial charge in [0.15, 0.2) is 5.65 Å². The number of aromatic nitrogens is 4. The maximum absolute atomic E-state index is 12.4. The minimum Gasteiger partial charge on any atom is -0.352 e. The Labute approximate surface area is 188 Å². The lowest BCUT2D eigenvalue weighted by molar-refractivity contribution is -0.134. The van der Waals surface area contributed by atoms with Crippen molar-refractivity contribution in [2.75, 3.05) is 31.1 Å². The fourth-order valence-electron chi connectivity index (χ4n) is 3.86. The standard InChI is InChI=1S/C23H29ClN6O/c1-5-16(4)20-26-21(28-10-12-29(13-11-28)23(31)15(2)3)17-14-25-30(22(17)27-20)19-9-7-6-8-18(19)24/h6-9,14-16H,5,10-13H2,1-4H3. The van der Waals surface area contributed by atoms with Gasteiger partial charge in [-0.15, -0.1) is 0 Å². The molecule has 0 saturated carbocycles. The van der Waals surface area contributed by atoms with E-state index in [1.807, 2.05) is 49.2 Å². The molecule has 1 amide bonds. The summed E-state index contributed by atoms with van der Waals surface area (Å²) in [5, 5.41) is 6.14. The fourth-order valence-corrected chi connectivity index (χ4v) is 4.07. The van der Waals surface area contributed by atoms with Crippen molar-refractivity contribution >= 4 is 34.4 Å². The molecule has 31 heavy (non-hydrogen) atoms. The van der Waals surface area contributed by atoms with Crippen LogP contribution in [0.4, 0.5) is 5.82 Å². The van der Waals surface area contributed by atoms with Gasteiger partial charge >= 0.3 is 0 Å². The number of hydrogen-bond donors (Lipinski definition) is 0. The lowest BCUT2D eigenvalue weighted by atomic mass is 10.1. The predicted molar refractivity (Wildman–Crippen MR) is 124 cm³/mol. The average molecular weight is 441 g/mol. The van der Waals surface area contributed by atoms with Crippen LogP contribution >= 0.6 is 11.6 Å². The number of carbonyl (C=O) groups is 1. The van der Waals surface area contributed by atoms with Crippen LogP contribution < -0.4 is 4.90 Å². The molecule has 1 unspecified atom stereocenters. The van der Waals surface area contributed by atoms with Crippen LogP contribution in [0, 0.1) is 5.92 Å². The Bertz CT molecular complexity index is 1090. The molecule has 1 fully saturated rings. The van der Waals surface area contributed by atoms with Crippen molar-refractivity contribution in [3.8, 4) is 5.69 Å². The van der Waals surface area contributed by atoms with E-state index in [0.29, 0.717) is 18.1 Å². The molecule has 164 valence electrons. The monoisotopic (exact) mass is 440 g/mol. The first-order valence-corrected chi connectivity index (χ1v) is 11.3. The van der Waals surface area contributed by atoms with Crippen LogP contribution in [-0.4, -0.2) is 56.7 Å². The second-order valence-corrected chi connectivity index (χ2v) is 8.83. The van der Waals surface area contributed by atoms with E-state index in [1.54, 1.807) is 4.68 Å². The molecule has 0 spiro atoms. The maximum atomic E-state index is 12.4. The van der Waals surface area contributed by atoms with Gasteiger partial charge in [-0.1, -0.05) is 51.4 Å². The Morgan fingerprint density at radius 3 is 2.45 bits per heavy atom. The highest BCUT2D eigenvalue weighted by molar-refractivity contribution is 6.32. The molecule has 7 nitrogen and oxygen atoms in total. The molecule has 0 N–H and O–H groups in total. The third-order valence-corrected chi connectivity index (χ3v) is 6.26. The summed E-state index contributed by atoms with van der Waals surface area (Å²) in [4.78, 5) is 26.4. The number of rotatable bonds is 5. The number of amides is 1. The van der Waals surface area contributed by atoms with Gasteiger partial charge < -0.3 is 9.80 Å². The second kappa shape index (κ2) is 8.83. The summed E-state index contributed by atoms with van der Waals surface area (Å²) in [6, 6.07) is 7.64. The minimum absolute atomic E-state index is 0.0168. The normalized spacial score (nSPS) is 15.7. The number of nitrogens with zero attached hydrogens (tertiary/aromatic N) is 6. The Kier molecular flexibility index (Phi) is 6.14. The zero-order valence-corrected chi connectivity index (χ0v) is 19.3. The number of halogens is 1. The van der Waals surface area contributed by atoms with Crippen LogP contribution in [-0.2, 0) is 4.79 Å². The molecule has 0 aliphatic carbocycles. The first-order chi connectivity index (χ1) is 14.9. The van der Waals surface area contributed by atoms with Crippen molar-refractivity contribution in [1.82, 2.24) is 24.6 Å². The van der Waals surface area contributed by atoms with E-state index in [4.69, 9.17) is 21.6 Å². The minimum atomic E-state index is 0.0168. The molecule has 3 aromatic rings. The quantitative estimate of drug-likeness (QED) is 0.592. The van der Waals surface area contributed by atoms with E-state index in [1.165, 1.54) is 0 Å². The Hall–Kier alpha value is -2.67. The summed E-state index contributed by atoms with van der Waals surface area (Å²) in [5.41, 5.74) is 1.56. The van der Waals surface area contributed by atoms with Gasteiger partial charge in [-0.25, -0.2) is 14.6 Å². The van der Waals surface area contributed by atoms with Crippen LogP contribution in [0.1, 0.15) is 45.9 Å². The lowest BCUT2D eigenvalue weighted by Crippen LogP contribution is -2.50. The SMILES string of the molecule is CCC(C)c1nc(N2CCN(C(=O)C(C)C)CC2)c2cnn(-c3ccccc3Cl)c2n1. The summed E-state index contributed by atoms with van der Waals surface area (Å²) in [7, 11) is 0. The highest BCUT2D eigenvalue weighted by Gasteiger charge is 2.26. The van der Waals surface area contributed by atoms with Crippen molar-refractivity contribution in [3.05, 3.63) is 41.3 Å². The Morgan fingerprint density at radius 2 is 1.81 bits per heavy atom. The van der Waals surface area contributed by atoms with E-state index < -0.39 is 0 Å². The van der Waals surface area contributed by atoms with Gasteiger partial charge in [0.05, 0.1) is 22.3 Å². The topological polar surface area (TPSA) is 67.2 Å². The highest BCUT2D eigenvalue weighted by atomic mass is 35.5. The van der Waals surface area contributed by atoms with Gasteiger partial charge in [0.25, 0.3) is 0 Å². The third-order valence-electron chi connectivity index (χ3n) is 5.94. The van der Waals surface area contributed by atoms with E-state index in [2.05, 4.69) is 23.8 Å². The Morgan fingerprint density at radius 1 is 1.10 bits per heavy atom. The zero-order chi connectivity index (χ0) is 22.1. The highest BCUT2D eigenvalue weighted by Crippen LogP contribution is 2.31. The number of benzene rings is 1. The third kappa shape index (κ3) is 4.11. The van der Waals surface area contributed by atoms with Crippen molar-refractivity contribution < 1.29 is 4.79 Å². The molecule has 1 saturated heterocycles. The number of piperazine rings is 1. The van der Waals surface area contributed by atoms with Gasteiger partial charge in [0, 0.05) is 38.0 Å². The molecular weight excluding hydrogens is 412 g/mol. The zero-order valence-electron chi connectivity index (χ0n) is 18.5.